The molecule has 100 valence electrons. The predicted molar refractivity (Wildman–Crippen MR) is 79.6 cm³/mol. The van der Waals surface area contributed by atoms with E-state index in [2.05, 4.69) is 23.7 Å². The van der Waals surface area contributed by atoms with E-state index in [0.29, 0.717) is 6.54 Å². The van der Waals surface area contributed by atoms with Crippen molar-refractivity contribution in [1.82, 2.24) is 4.90 Å². The highest BCUT2D eigenvalue weighted by Gasteiger charge is 2.21. The van der Waals surface area contributed by atoms with E-state index in [0.717, 1.165) is 29.7 Å². The van der Waals surface area contributed by atoms with Crippen LogP contribution in [0.4, 0.5) is 0 Å². The van der Waals surface area contributed by atoms with Crippen LogP contribution in [-0.2, 0) is 11.2 Å². The molecule has 0 fully saturated rings. The van der Waals surface area contributed by atoms with Crippen molar-refractivity contribution in [3.63, 3.8) is 0 Å². The number of allylic oxidation sites excluding steroid dienone is 1. The van der Waals surface area contributed by atoms with Gasteiger partial charge in [-0.15, -0.1) is 0 Å². The number of carbonyl (C=O) groups excluding carboxylic acids is 1. The highest BCUT2D eigenvalue weighted by molar-refractivity contribution is 6.10. The van der Waals surface area contributed by atoms with Gasteiger partial charge in [0.25, 0.3) is 5.91 Å². The molecule has 0 atom stereocenters. The number of fused-ring (bicyclic) bond motifs is 1. The van der Waals surface area contributed by atoms with Gasteiger partial charge in [-0.25, -0.2) is 4.99 Å². The summed E-state index contributed by atoms with van der Waals surface area (Å²) in [6.45, 7) is 6.39. The second-order valence-electron chi connectivity index (χ2n) is 5.30. The fourth-order valence-electron chi connectivity index (χ4n) is 2.48. The fourth-order valence-corrected chi connectivity index (χ4v) is 2.48. The highest BCUT2D eigenvalue weighted by atomic mass is 16.1. The molecule has 0 radical (unpaired) electrons. The van der Waals surface area contributed by atoms with Gasteiger partial charge in [-0.05, 0) is 50.6 Å². The quantitative estimate of drug-likeness (QED) is 0.832. The summed E-state index contributed by atoms with van der Waals surface area (Å²) < 4.78 is 0. The minimum Gasteiger partial charge on any atom is -0.301 e. The number of nitrogens with zero attached hydrogens (tertiary/aromatic N) is 2. The molecule has 0 heterocycles. The molecule has 1 aliphatic rings. The van der Waals surface area contributed by atoms with E-state index < -0.39 is 0 Å². The summed E-state index contributed by atoms with van der Waals surface area (Å²) >= 11 is 0. The van der Waals surface area contributed by atoms with Gasteiger partial charge < -0.3 is 4.90 Å². The lowest BCUT2D eigenvalue weighted by Crippen LogP contribution is -2.21. The molecule has 0 aromatic heterocycles. The Bertz CT molecular complexity index is 556. The maximum absolute atomic E-state index is 11.8. The van der Waals surface area contributed by atoms with Crippen molar-refractivity contribution in [3.05, 3.63) is 41.5 Å². The number of carbonyl (C=O) groups is 1. The third kappa shape index (κ3) is 2.99. The largest absolute Gasteiger partial charge is 0.301 e. The van der Waals surface area contributed by atoms with E-state index in [1.165, 1.54) is 11.1 Å². The minimum absolute atomic E-state index is 0.0754. The zero-order valence-electron chi connectivity index (χ0n) is 11.9. The van der Waals surface area contributed by atoms with Gasteiger partial charge in [0.15, 0.2) is 0 Å². The zero-order valence-corrected chi connectivity index (χ0v) is 11.9. The van der Waals surface area contributed by atoms with E-state index in [1.54, 1.807) is 0 Å². The Morgan fingerprint density at radius 3 is 2.74 bits per heavy atom. The van der Waals surface area contributed by atoms with E-state index >= 15 is 0 Å². The van der Waals surface area contributed by atoms with Gasteiger partial charge in [0.05, 0.1) is 12.3 Å². The number of rotatable bonds is 3. The first-order valence-electron chi connectivity index (χ1n) is 6.52. The average Bonchev–Trinajstić information content (AvgIpc) is 2.71. The molecule has 0 N–H and O–H groups in total. The predicted octanol–water partition coefficient (Wildman–Crippen LogP) is 2.54. The molecule has 1 aromatic carbocycles. The summed E-state index contributed by atoms with van der Waals surface area (Å²) in [6.07, 6.45) is 1.80. The Morgan fingerprint density at radius 1 is 1.37 bits per heavy atom. The van der Waals surface area contributed by atoms with Crippen LogP contribution < -0.4 is 0 Å². The van der Waals surface area contributed by atoms with Gasteiger partial charge in [0.1, 0.15) is 0 Å². The smallest absolute Gasteiger partial charge is 0.260 e. The molecular weight excluding hydrogens is 236 g/mol. The standard InChI is InChI=1S/C16H20N2O/c1-11(2)12-6-5-7-14-13(12)8-9-15(14)17-16(19)10-18(3)4/h5-7H,1,8-10H2,2-4H3. The van der Waals surface area contributed by atoms with E-state index in [1.807, 2.05) is 32.0 Å². The van der Waals surface area contributed by atoms with Crippen LogP contribution in [0.3, 0.4) is 0 Å². The van der Waals surface area contributed by atoms with Crippen molar-refractivity contribution in [2.45, 2.75) is 19.8 Å². The first kappa shape index (κ1) is 13.7. The van der Waals surface area contributed by atoms with Crippen LogP contribution in [0.1, 0.15) is 30.0 Å². The summed E-state index contributed by atoms with van der Waals surface area (Å²) in [5, 5.41) is 0. The molecule has 1 aromatic rings. The first-order valence-corrected chi connectivity index (χ1v) is 6.52. The van der Waals surface area contributed by atoms with Crippen LogP contribution in [0.25, 0.3) is 5.57 Å². The normalized spacial score (nSPS) is 15.9. The number of likely N-dealkylation sites (N-methyl/N-ethyl adjacent to an activating group) is 1. The number of benzene rings is 1. The van der Waals surface area contributed by atoms with Crippen LogP contribution in [-0.4, -0.2) is 37.2 Å². The summed E-state index contributed by atoms with van der Waals surface area (Å²) in [4.78, 5) is 17.9. The highest BCUT2D eigenvalue weighted by Crippen LogP contribution is 2.29. The fraction of sp³-hybridized carbons (Fsp3) is 0.375. The van der Waals surface area contributed by atoms with Crippen LogP contribution in [0.15, 0.2) is 29.8 Å². The summed E-state index contributed by atoms with van der Waals surface area (Å²) in [6, 6.07) is 6.16. The lowest BCUT2D eigenvalue weighted by molar-refractivity contribution is -0.118. The van der Waals surface area contributed by atoms with Gasteiger partial charge in [-0.1, -0.05) is 30.4 Å². The Labute approximate surface area is 114 Å². The van der Waals surface area contributed by atoms with Crippen LogP contribution in [0, 0.1) is 0 Å². The molecule has 0 saturated heterocycles. The number of amides is 1. The molecule has 0 unspecified atom stereocenters. The zero-order chi connectivity index (χ0) is 14.0. The second kappa shape index (κ2) is 5.49. The molecular formula is C16H20N2O. The van der Waals surface area contributed by atoms with Crippen molar-refractivity contribution >= 4 is 17.2 Å². The molecule has 19 heavy (non-hydrogen) atoms. The number of hydrogen-bond donors (Lipinski definition) is 0. The van der Waals surface area contributed by atoms with Gasteiger partial charge in [0.2, 0.25) is 0 Å². The van der Waals surface area contributed by atoms with E-state index in [4.69, 9.17) is 0 Å². The molecule has 0 bridgehead atoms. The first-order chi connectivity index (χ1) is 8.99. The van der Waals surface area contributed by atoms with Crippen LogP contribution in [0.5, 0.6) is 0 Å². The van der Waals surface area contributed by atoms with Crippen molar-refractivity contribution in [3.8, 4) is 0 Å². The third-order valence-electron chi connectivity index (χ3n) is 3.27. The molecule has 1 aliphatic carbocycles. The Balaban J connectivity index is 2.32. The minimum atomic E-state index is -0.0754. The molecule has 1 amide bonds. The van der Waals surface area contributed by atoms with Crippen molar-refractivity contribution < 1.29 is 4.79 Å². The summed E-state index contributed by atoms with van der Waals surface area (Å²) in [7, 11) is 3.75. The van der Waals surface area contributed by atoms with Crippen LogP contribution in [0.2, 0.25) is 0 Å². The third-order valence-corrected chi connectivity index (χ3v) is 3.27. The second-order valence-corrected chi connectivity index (χ2v) is 5.30. The summed E-state index contributed by atoms with van der Waals surface area (Å²) in [5.41, 5.74) is 5.59. The monoisotopic (exact) mass is 256 g/mol. The van der Waals surface area contributed by atoms with E-state index in [-0.39, 0.29) is 5.91 Å². The van der Waals surface area contributed by atoms with E-state index in [9.17, 15) is 4.79 Å². The van der Waals surface area contributed by atoms with Gasteiger partial charge >= 0.3 is 0 Å². The van der Waals surface area contributed by atoms with Crippen LogP contribution >= 0.6 is 0 Å². The molecule has 0 saturated carbocycles. The number of hydrogen-bond acceptors (Lipinski definition) is 2. The van der Waals surface area contributed by atoms with Crippen molar-refractivity contribution in [1.29, 1.82) is 0 Å². The molecule has 2 rings (SSSR count). The SMILES string of the molecule is C=C(C)c1cccc2c1CCC2=NC(=O)CN(C)C. The number of aliphatic imine (C=N–C) groups is 1. The lowest BCUT2D eigenvalue weighted by Gasteiger charge is -2.08. The Hall–Kier alpha value is -1.74. The van der Waals surface area contributed by atoms with Crippen molar-refractivity contribution in [2.75, 3.05) is 20.6 Å². The lowest BCUT2D eigenvalue weighted by atomic mass is 9.99. The van der Waals surface area contributed by atoms with Gasteiger partial charge in [0, 0.05) is 0 Å². The Kier molecular flexibility index (Phi) is 3.96. The summed E-state index contributed by atoms with van der Waals surface area (Å²) in [5.74, 6) is -0.0754. The molecule has 3 heteroatoms. The molecule has 3 nitrogen and oxygen atoms in total. The molecule has 0 spiro atoms. The van der Waals surface area contributed by atoms with Crippen molar-refractivity contribution in [2.24, 2.45) is 4.99 Å². The average molecular weight is 256 g/mol. The maximum atomic E-state index is 11.8. The van der Waals surface area contributed by atoms with Gasteiger partial charge in [-0.2, -0.15) is 0 Å². The maximum Gasteiger partial charge on any atom is 0.260 e. The van der Waals surface area contributed by atoms with Gasteiger partial charge in [-0.3, -0.25) is 4.79 Å². The topological polar surface area (TPSA) is 32.7 Å². The Morgan fingerprint density at radius 2 is 2.11 bits per heavy atom. The molecule has 0 aliphatic heterocycles.